The minimum absolute atomic E-state index is 0.0838. The Morgan fingerprint density at radius 3 is 1.96 bits per heavy atom. The number of carbonyl (C=O) groups is 2. The molecular formula is C24H25NO3. The van der Waals surface area contributed by atoms with Gasteiger partial charge in [-0.2, -0.15) is 0 Å². The summed E-state index contributed by atoms with van der Waals surface area (Å²) in [6.07, 6.45) is 6.22. The van der Waals surface area contributed by atoms with Gasteiger partial charge in [-0.3, -0.25) is 9.59 Å². The van der Waals surface area contributed by atoms with E-state index in [2.05, 4.69) is 12.2 Å². The molecule has 144 valence electrons. The topological polar surface area (TPSA) is 46.6 Å². The van der Waals surface area contributed by atoms with Crippen LogP contribution in [0.1, 0.15) is 24.0 Å². The van der Waals surface area contributed by atoms with Crippen molar-refractivity contribution in [2.45, 2.75) is 25.9 Å². The van der Waals surface area contributed by atoms with Gasteiger partial charge in [-0.05, 0) is 35.8 Å². The number of hydrogen-bond acceptors (Lipinski definition) is 3. The van der Waals surface area contributed by atoms with Gasteiger partial charge in [-0.1, -0.05) is 72.8 Å². The zero-order valence-electron chi connectivity index (χ0n) is 15.9. The van der Waals surface area contributed by atoms with Crippen molar-refractivity contribution < 1.29 is 14.3 Å². The molecule has 2 aliphatic carbocycles. The average molecular weight is 375 g/mol. The van der Waals surface area contributed by atoms with Crippen molar-refractivity contribution in [3.05, 3.63) is 83.9 Å². The van der Waals surface area contributed by atoms with E-state index in [-0.39, 0.29) is 30.3 Å². The summed E-state index contributed by atoms with van der Waals surface area (Å²) in [6, 6.07) is 19.8. The number of fused-ring (bicyclic) bond motifs is 2. The van der Waals surface area contributed by atoms with E-state index >= 15 is 0 Å². The number of ether oxygens (including phenoxy) is 1. The molecule has 0 N–H and O–H groups in total. The Labute approximate surface area is 165 Å². The van der Waals surface area contributed by atoms with Crippen LogP contribution in [-0.2, 0) is 27.4 Å². The molecular weight excluding hydrogens is 350 g/mol. The van der Waals surface area contributed by atoms with Gasteiger partial charge in [0.15, 0.2) is 6.61 Å². The van der Waals surface area contributed by atoms with Crippen LogP contribution in [0.3, 0.4) is 0 Å². The lowest BCUT2D eigenvalue weighted by Crippen LogP contribution is -2.35. The highest BCUT2D eigenvalue weighted by atomic mass is 16.5. The molecule has 2 aliphatic rings. The van der Waals surface area contributed by atoms with E-state index in [4.69, 9.17) is 4.74 Å². The molecule has 4 heteroatoms. The predicted octanol–water partition coefficient (Wildman–Crippen LogP) is 3.97. The fourth-order valence-corrected chi connectivity index (χ4v) is 4.22. The molecule has 0 spiro atoms. The predicted molar refractivity (Wildman–Crippen MR) is 107 cm³/mol. The fraction of sp³-hybridized carbons (Fsp3) is 0.333. The van der Waals surface area contributed by atoms with Crippen molar-refractivity contribution in [2.24, 2.45) is 17.8 Å². The summed E-state index contributed by atoms with van der Waals surface area (Å²) in [4.78, 5) is 27.1. The third kappa shape index (κ3) is 4.33. The maximum atomic E-state index is 12.9. The maximum Gasteiger partial charge on any atom is 0.310 e. The van der Waals surface area contributed by atoms with E-state index in [9.17, 15) is 9.59 Å². The van der Waals surface area contributed by atoms with E-state index in [0.717, 1.165) is 24.0 Å². The Balaban J connectivity index is 1.39. The minimum atomic E-state index is -0.232. The SMILES string of the molecule is O=C(OCC(=O)N(Cc1ccccc1)Cc1ccccc1)C1CC2C=CC1C2. The molecule has 0 radical (unpaired) electrons. The van der Waals surface area contributed by atoms with Crippen LogP contribution in [-0.4, -0.2) is 23.4 Å². The zero-order valence-corrected chi connectivity index (χ0v) is 15.9. The first-order valence-corrected chi connectivity index (χ1v) is 9.89. The van der Waals surface area contributed by atoms with Gasteiger partial charge >= 0.3 is 5.97 Å². The van der Waals surface area contributed by atoms with Crippen LogP contribution in [0.4, 0.5) is 0 Å². The van der Waals surface area contributed by atoms with Crippen molar-refractivity contribution in [2.75, 3.05) is 6.61 Å². The summed E-state index contributed by atoms with van der Waals surface area (Å²) in [6.45, 7) is 0.780. The van der Waals surface area contributed by atoms with E-state index in [1.54, 1.807) is 4.90 Å². The van der Waals surface area contributed by atoms with Crippen molar-refractivity contribution in [3.63, 3.8) is 0 Å². The van der Waals surface area contributed by atoms with Gasteiger partial charge < -0.3 is 9.64 Å². The average Bonchev–Trinajstić information content (AvgIpc) is 3.36. The van der Waals surface area contributed by atoms with Crippen molar-refractivity contribution in [3.8, 4) is 0 Å². The van der Waals surface area contributed by atoms with E-state index in [0.29, 0.717) is 19.0 Å². The Bertz CT molecular complexity index is 805. The number of carbonyl (C=O) groups excluding carboxylic acids is 2. The summed E-state index contributed by atoms with van der Waals surface area (Å²) in [7, 11) is 0. The second-order valence-corrected chi connectivity index (χ2v) is 7.72. The zero-order chi connectivity index (χ0) is 19.3. The fourth-order valence-electron chi connectivity index (χ4n) is 4.22. The van der Waals surface area contributed by atoms with Crippen LogP contribution in [0.25, 0.3) is 0 Å². The molecule has 0 aliphatic heterocycles. The molecule has 2 aromatic carbocycles. The van der Waals surface area contributed by atoms with Crippen molar-refractivity contribution >= 4 is 11.9 Å². The maximum absolute atomic E-state index is 12.9. The highest BCUT2D eigenvalue weighted by Gasteiger charge is 2.40. The number of rotatable bonds is 7. The molecule has 1 amide bonds. The number of amides is 1. The first kappa shape index (κ1) is 18.5. The lowest BCUT2D eigenvalue weighted by atomic mass is 9.94. The standard InChI is InChI=1S/C24H25NO3/c26-23(17-28-24(27)22-14-20-11-12-21(22)13-20)25(15-18-7-3-1-4-8-18)16-19-9-5-2-6-10-19/h1-12,20-22H,13-17H2. The van der Waals surface area contributed by atoms with Gasteiger partial charge in [0.25, 0.3) is 5.91 Å². The van der Waals surface area contributed by atoms with Crippen LogP contribution in [0, 0.1) is 17.8 Å². The summed E-state index contributed by atoms with van der Waals surface area (Å²) < 4.78 is 5.43. The second-order valence-electron chi connectivity index (χ2n) is 7.72. The molecule has 28 heavy (non-hydrogen) atoms. The van der Waals surface area contributed by atoms with Crippen molar-refractivity contribution in [1.82, 2.24) is 4.90 Å². The van der Waals surface area contributed by atoms with Gasteiger partial charge in [-0.25, -0.2) is 0 Å². The molecule has 4 rings (SSSR count). The second kappa shape index (κ2) is 8.42. The smallest absolute Gasteiger partial charge is 0.310 e. The van der Waals surface area contributed by atoms with Gasteiger partial charge in [-0.15, -0.1) is 0 Å². The molecule has 2 aromatic rings. The first-order valence-electron chi connectivity index (χ1n) is 9.89. The molecule has 2 bridgehead atoms. The summed E-state index contributed by atoms with van der Waals surface area (Å²) >= 11 is 0. The van der Waals surface area contributed by atoms with Crippen LogP contribution in [0.2, 0.25) is 0 Å². The summed E-state index contributed by atoms with van der Waals surface area (Å²) in [5.41, 5.74) is 2.10. The highest BCUT2D eigenvalue weighted by molar-refractivity contribution is 5.81. The monoisotopic (exact) mass is 375 g/mol. The van der Waals surface area contributed by atoms with Gasteiger partial charge in [0, 0.05) is 13.1 Å². The molecule has 3 unspecified atom stereocenters. The van der Waals surface area contributed by atoms with Gasteiger partial charge in [0.2, 0.25) is 0 Å². The number of benzene rings is 2. The van der Waals surface area contributed by atoms with E-state index in [1.807, 2.05) is 60.7 Å². The third-order valence-corrected chi connectivity index (χ3v) is 5.70. The Kier molecular flexibility index (Phi) is 5.56. The molecule has 0 heterocycles. The number of hydrogen-bond donors (Lipinski definition) is 0. The summed E-state index contributed by atoms with van der Waals surface area (Å²) in [5.74, 6) is 0.312. The summed E-state index contributed by atoms with van der Waals surface area (Å²) in [5, 5.41) is 0. The van der Waals surface area contributed by atoms with Gasteiger partial charge in [0.1, 0.15) is 0 Å². The third-order valence-electron chi connectivity index (χ3n) is 5.70. The molecule has 1 saturated carbocycles. The molecule has 1 fully saturated rings. The lowest BCUT2D eigenvalue weighted by molar-refractivity contribution is -0.156. The quantitative estimate of drug-likeness (QED) is 0.543. The van der Waals surface area contributed by atoms with Crippen LogP contribution >= 0.6 is 0 Å². The molecule has 3 atom stereocenters. The number of allylic oxidation sites excluding steroid dienone is 2. The molecule has 4 nitrogen and oxygen atoms in total. The number of nitrogens with zero attached hydrogens (tertiary/aromatic N) is 1. The van der Waals surface area contributed by atoms with Crippen molar-refractivity contribution in [1.29, 1.82) is 0 Å². The number of esters is 1. The Morgan fingerprint density at radius 1 is 0.857 bits per heavy atom. The minimum Gasteiger partial charge on any atom is -0.455 e. The Morgan fingerprint density at radius 2 is 1.46 bits per heavy atom. The normalized spacial score (nSPS) is 22.2. The van der Waals surface area contributed by atoms with Crippen LogP contribution in [0.5, 0.6) is 0 Å². The highest BCUT2D eigenvalue weighted by Crippen LogP contribution is 2.43. The van der Waals surface area contributed by atoms with Gasteiger partial charge in [0.05, 0.1) is 5.92 Å². The molecule has 0 aromatic heterocycles. The van der Waals surface area contributed by atoms with E-state index in [1.165, 1.54) is 0 Å². The van der Waals surface area contributed by atoms with Crippen LogP contribution < -0.4 is 0 Å². The lowest BCUT2D eigenvalue weighted by Gasteiger charge is -2.24. The largest absolute Gasteiger partial charge is 0.455 e. The Hall–Kier alpha value is -2.88. The molecule has 0 saturated heterocycles. The first-order chi connectivity index (χ1) is 13.7. The van der Waals surface area contributed by atoms with E-state index < -0.39 is 0 Å². The van der Waals surface area contributed by atoms with Crippen LogP contribution in [0.15, 0.2) is 72.8 Å².